The first-order valence-corrected chi connectivity index (χ1v) is 6.02. The Kier molecular flexibility index (Phi) is 3.50. The molecule has 0 amide bonds. The van der Waals surface area contributed by atoms with Crippen LogP contribution < -0.4 is 0 Å². The van der Waals surface area contributed by atoms with E-state index in [0.29, 0.717) is 17.5 Å². The molecule has 1 aliphatic rings. The van der Waals surface area contributed by atoms with Crippen LogP contribution in [0, 0.1) is 12.7 Å². The van der Waals surface area contributed by atoms with Gasteiger partial charge in [-0.3, -0.25) is 4.79 Å². The molecule has 1 aromatic rings. The monoisotopic (exact) mass is 256 g/mol. The summed E-state index contributed by atoms with van der Waals surface area (Å²) in [6, 6.07) is 2.68. The molecule has 0 bridgehead atoms. The first-order chi connectivity index (χ1) is 7.99. The van der Waals surface area contributed by atoms with Crippen molar-refractivity contribution >= 4 is 17.4 Å². The molecule has 2 atom stereocenters. The quantitative estimate of drug-likeness (QED) is 0.757. The minimum absolute atomic E-state index is 0.101. The van der Waals surface area contributed by atoms with Gasteiger partial charge in [0, 0.05) is 5.56 Å². The van der Waals surface area contributed by atoms with E-state index < -0.39 is 11.9 Å². The minimum atomic E-state index is -0.438. The van der Waals surface area contributed by atoms with Gasteiger partial charge in [-0.15, -0.1) is 0 Å². The van der Waals surface area contributed by atoms with Crippen molar-refractivity contribution in [1.82, 2.24) is 0 Å². The maximum absolute atomic E-state index is 13.2. The molecule has 1 aliphatic heterocycles. The van der Waals surface area contributed by atoms with E-state index in [1.54, 1.807) is 6.92 Å². The van der Waals surface area contributed by atoms with Crippen LogP contribution in [0.4, 0.5) is 4.39 Å². The lowest BCUT2D eigenvalue weighted by atomic mass is 10.0. The van der Waals surface area contributed by atoms with Crippen LogP contribution in [0.2, 0.25) is 5.02 Å². The largest absolute Gasteiger partial charge is 0.367 e. The van der Waals surface area contributed by atoms with E-state index in [1.807, 2.05) is 6.92 Å². The van der Waals surface area contributed by atoms with Gasteiger partial charge in [0.05, 0.1) is 11.1 Å². The van der Waals surface area contributed by atoms with Crippen molar-refractivity contribution in [2.24, 2.45) is 0 Å². The Bertz CT molecular complexity index is 459. The summed E-state index contributed by atoms with van der Waals surface area (Å²) in [6.45, 7) is 3.55. The van der Waals surface area contributed by atoms with Crippen molar-refractivity contribution in [3.63, 3.8) is 0 Å². The fourth-order valence-electron chi connectivity index (χ4n) is 2.01. The molecule has 17 heavy (non-hydrogen) atoms. The van der Waals surface area contributed by atoms with Crippen LogP contribution in [-0.4, -0.2) is 18.0 Å². The molecular weight excluding hydrogens is 243 g/mol. The van der Waals surface area contributed by atoms with Crippen molar-refractivity contribution in [3.8, 4) is 0 Å². The molecule has 92 valence electrons. The molecule has 0 aromatic heterocycles. The van der Waals surface area contributed by atoms with Crippen molar-refractivity contribution in [2.75, 3.05) is 0 Å². The number of ether oxygens (including phenoxy) is 1. The maximum atomic E-state index is 13.2. The van der Waals surface area contributed by atoms with Crippen LogP contribution in [0.5, 0.6) is 0 Å². The van der Waals surface area contributed by atoms with Gasteiger partial charge in [-0.2, -0.15) is 0 Å². The van der Waals surface area contributed by atoms with Crippen molar-refractivity contribution in [3.05, 3.63) is 34.1 Å². The number of carbonyl (C=O) groups is 1. The number of Topliss-reactive ketones (excluding diaryl/α,β-unsaturated/α-hetero) is 1. The smallest absolute Gasteiger partial charge is 0.193 e. The van der Waals surface area contributed by atoms with Crippen molar-refractivity contribution < 1.29 is 13.9 Å². The molecule has 0 aliphatic carbocycles. The molecule has 1 heterocycles. The first-order valence-electron chi connectivity index (χ1n) is 5.64. The van der Waals surface area contributed by atoms with Gasteiger partial charge in [0.25, 0.3) is 0 Å². The topological polar surface area (TPSA) is 26.3 Å². The molecule has 2 nitrogen and oxygen atoms in total. The lowest BCUT2D eigenvalue weighted by Gasteiger charge is -2.12. The van der Waals surface area contributed by atoms with Gasteiger partial charge < -0.3 is 4.74 Å². The Hall–Kier alpha value is -0.930. The Morgan fingerprint density at radius 2 is 2.18 bits per heavy atom. The second-order valence-corrected chi connectivity index (χ2v) is 4.87. The third-order valence-corrected chi connectivity index (χ3v) is 3.35. The normalized spacial score (nSPS) is 24.0. The van der Waals surface area contributed by atoms with Crippen molar-refractivity contribution in [1.29, 1.82) is 0 Å². The number of benzene rings is 1. The second kappa shape index (κ2) is 4.75. The summed E-state index contributed by atoms with van der Waals surface area (Å²) < 4.78 is 18.7. The van der Waals surface area contributed by atoms with Gasteiger partial charge in [-0.25, -0.2) is 4.39 Å². The average Bonchev–Trinajstić information content (AvgIpc) is 2.69. The van der Waals surface area contributed by atoms with Gasteiger partial charge in [0.15, 0.2) is 5.78 Å². The summed E-state index contributed by atoms with van der Waals surface area (Å²) in [6.07, 6.45) is 1.23. The van der Waals surface area contributed by atoms with E-state index in [1.165, 1.54) is 12.1 Å². The van der Waals surface area contributed by atoms with E-state index in [2.05, 4.69) is 0 Å². The first kappa shape index (κ1) is 12.5. The number of hydrogen-bond donors (Lipinski definition) is 0. The van der Waals surface area contributed by atoms with Gasteiger partial charge in [-0.1, -0.05) is 11.6 Å². The van der Waals surface area contributed by atoms with Crippen LogP contribution in [0.1, 0.15) is 35.7 Å². The fraction of sp³-hybridized carbons (Fsp3) is 0.462. The van der Waals surface area contributed by atoms with E-state index in [9.17, 15) is 9.18 Å². The zero-order valence-corrected chi connectivity index (χ0v) is 10.6. The summed E-state index contributed by atoms with van der Waals surface area (Å²) in [7, 11) is 0. The fourth-order valence-corrected chi connectivity index (χ4v) is 2.26. The summed E-state index contributed by atoms with van der Waals surface area (Å²) >= 11 is 5.89. The molecule has 1 fully saturated rings. The second-order valence-electron chi connectivity index (χ2n) is 4.46. The van der Waals surface area contributed by atoms with Crippen LogP contribution in [0.3, 0.4) is 0 Å². The van der Waals surface area contributed by atoms with Crippen LogP contribution in [0.15, 0.2) is 12.1 Å². The predicted octanol–water partition coefficient (Wildman–Crippen LogP) is 3.54. The standard InChI is InChI=1S/C13H14ClFO2/c1-7-5-9(10(14)6-11(7)15)13(16)12-4-3-8(2)17-12/h5-6,8,12H,3-4H2,1-2H3. The van der Waals surface area contributed by atoms with Crippen LogP contribution >= 0.6 is 11.6 Å². The number of halogens is 2. The number of hydrogen-bond acceptors (Lipinski definition) is 2. The van der Waals surface area contributed by atoms with E-state index in [4.69, 9.17) is 16.3 Å². The molecular formula is C13H14ClFO2. The van der Waals surface area contributed by atoms with E-state index >= 15 is 0 Å². The van der Waals surface area contributed by atoms with Crippen molar-refractivity contribution in [2.45, 2.75) is 38.9 Å². The van der Waals surface area contributed by atoms with E-state index in [-0.39, 0.29) is 16.9 Å². The summed E-state index contributed by atoms with van der Waals surface area (Å²) in [4.78, 5) is 12.1. The third-order valence-electron chi connectivity index (χ3n) is 3.04. The molecule has 1 aromatic carbocycles. The van der Waals surface area contributed by atoms with Crippen LogP contribution in [-0.2, 0) is 4.74 Å². The molecule has 1 saturated heterocycles. The summed E-state index contributed by atoms with van der Waals surface area (Å²) in [5, 5.41) is 0.154. The lowest BCUT2D eigenvalue weighted by molar-refractivity contribution is 0.0433. The molecule has 2 unspecified atom stereocenters. The Morgan fingerprint density at radius 1 is 1.47 bits per heavy atom. The SMILES string of the molecule is Cc1cc(C(=O)C2CCC(C)O2)c(Cl)cc1F. The molecule has 0 spiro atoms. The Balaban J connectivity index is 2.28. The molecule has 0 radical (unpaired) electrons. The molecule has 0 saturated carbocycles. The minimum Gasteiger partial charge on any atom is -0.367 e. The van der Waals surface area contributed by atoms with Gasteiger partial charge in [-0.05, 0) is 44.4 Å². The third kappa shape index (κ3) is 2.50. The summed E-state index contributed by atoms with van der Waals surface area (Å²) in [5.74, 6) is -0.547. The number of ketones is 1. The van der Waals surface area contributed by atoms with Crippen LogP contribution in [0.25, 0.3) is 0 Å². The molecule has 2 rings (SSSR count). The molecule has 4 heteroatoms. The lowest BCUT2D eigenvalue weighted by Crippen LogP contribution is -2.21. The highest BCUT2D eigenvalue weighted by molar-refractivity contribution is 6.34. The highest BCUT2D eigenvalue weighted by Crippen LogP contribution is 2.27. The van der Waals surface area contributed by atoms with Gasteiger partial charge in [0.2, 0.25) is 0 Å². The van der Waals surface area contributed by atoms with E-state index in [0.717, 1.165) is 6.42 Å². The molecule has 0 N–H and O–H groups in total. The maximum Gasteiger partial charge on any atom is 0.193 e. The van der Waals surface area contributed by atoms with Gasteiger partial charge >= 0.3 is 0 Å². The summed E-state index contributed by atoms with van der Waals surface area (Å²) in [5.41, 5.74) is 0.772. The number of rotatable bonds is 2. The number of aryl methyl sites for hydroxylation is 1. The highest BCUT2D eigenvalue weighted by atomic mass is 35.5. The average molecular weight is 257 g/mol. The zero-order chi connectivity index (χ0) is 12.6. The number of carbonyl (C=O) groups excluding carboxylic acids is 1. The Morgan fingerprint density at radius 3 is 2.76 bits per heavy atom. The van der Waals surface area contributed by atoms with Gasteiger partial charge in [0.1, 0.15) is 11.9 Å². The Labute approximate surface area is 105 Å². The highest BCUT2D eigenvalue weighted by Gasteiger charge is 2.30. The zero-order valence-electron chi connectivity index (χ0n) is 9.80. The predicted molar refractivity (Wildman–Crippen MR) is 64.0 cm³/mol.